The molecule has 2 aromatic rings. The third-order valence-electron chi connectivity index (χ3n) is 4.60. The van der Waals surface area contributed by atoms with Gasteiger partial charge in [-0.15, -0.1) is 24.0 Å². The van der Waals surface area contributed by atoms with Crippen LogP contribution in [0.25, 0.3) is 11.5 Å². The molecule has 26 heavy (non-hydrogen) atoms. The monoisotopic (exact) mass is 472 g/mol. The van der Waals surface area contributed by atoms with Gasteiger partial charge < -0.3 is 14.6 Å². The Kier molecular flexibility index (Phi) is 7.86. The van der Waals surface area contributed by atoms with E-state index < -0.39 is 0 Å². The first-order chi connectivity index (χ1) is 12.2. The van der Waals surface area contributed by atoms with Gasteiger partial charge in [0.25, 0.3) is 0 Å². The van der Waals surface area contributed by atoms with Crippen LogP contribution < -0.4 is 5.32 Å². The lowest BCUT2D eigenvalue weighted by Gasteiger charge is -2.32. The van der Waals surface area contributed by atoms with Crippen molar-refractivity contribution in [1.82, 2.24) is 15.2 Å². The number of hydrogen-bond acceptors (Lipinski definition) is 3. The van der Waals surface area contributed by atoms with Crippen LogP contribution in [0.15, 0.2) is 39.9 Å². The molecule has 2 heterocycles. The number of nitrogens with zero attached hydrogens (tertiary/aromatic N) is 3. The van der Waals surface area contributed by atoms with Crippen LogP contribution in [0.5, 0.6) is 0 Å². The molecule has 0 unspecified atom stereocenters. The molecule has 0 bridgehead atoms. The largest absolute Gasteiger partial charge is 0.444 e. The van der Waals surface area contributed by atoms with Crippen molar-refractivity contribution >= 4 is 29.9 Å². The van der Waals surface area contributed by atoms with Crippen molar-refractivity contribution in [3.63, 3.8) is 0 Å². The highest BCUT2D eigenvalue weighted by Gasteiger charge is 2.18. The number of hydrogen-bond donors (Lipinski definition) is 1. The summed E-state index contributed by atoms with van der Waals surface area (Å²) in [7, 11) is 1.82. The van der Waals surface area contributed by atoms with E-state index in [4.69, 9.17) is 4.42 Å². The standard InChI is InChI=1S/C19H25FN4O.HI/c1-14-8-11-24(12-9-14)19(21-2)22-10-7-17-13-25-18(23-17)15-3-5-16(20)6-4-15;/h3-6,13-14H,7-12H2,1-2H3,(H,21,22);1H. The molecular formula is C19H26FIN4O. The molecule has 0 spiro atoms. The Bertz CT molecular complexity index is 709. The first-order valence-electron chi connectivity index (χ1n) is 8.81. The number of halogens is 2. The van der Waals surface area contributed by atoms with Crippen molar-refractivity contribution in [3.8, 4) is 11.5 Å². The maximum atomic E-state index is 13.0. The van der Waals surface area contributed by atoms with Gasteiger partial charge in [0, 0.05) is 38.7 Å². The summed E-state index contributed by atoms with van der Waals surface area (Å²) in [5, 5.41) is 3.40. The molecule has 5 nitrogen and oxygen atoms in total. The molecule has 1 aliphatic rings. The maximum absolute atomic E-state index is 13.0. The molecule has 1 aromatic heterocycles. The number of nitrogens with one attached hydrogen (secondary N) is 1. The van der Waals surface area contributed by atoms with Crippen molar-refractivity contribution in [2.24, 2.45) is 10.9 Å². The van der Waals surface area contributed by atoms with Crippen molar-refractivity contribution < 1.29 is 8.81 Å². The number of benzene rings is 1. The zero-order valence-corrected chi connectivity index (χ0v) is 17.6. The summed E-state index contributed by atoms with van der Waals surface area (Å²) in [5.41, 5.74) is 1.65. The first-order valence-corrected chi connectivity index (χ1v) is 8.81. The Balaban J connectivity index is 0.00000243. The summed E-state index contributed by atoms with van der Waals surface area (Å²) in [6, 6.07) is 6.15. The van der Waals surface area contributed by atoms with Crippen LogP contribution in [0.4, 0.5) is 4.39 Å². The topological polar surface area (TPSA) is 53.7 Å². The highest BCUT2D eigenvalue weighted by Crippen LogP contribution is 2.19. The second-order valence-electron chi connectivity index (χ2n) is 6.54. The van der Waals surface area contributed by atoms with Gasteiger partial charge in [-0.1, -0.05) is 6.92 Å². The van der Waals surface area contributed by atoms with Crippen LogP contribution >= 0.6 is 24.0 Å². The molecule has 0 amide bonds. The van der Waals surface area contributed by atoms with E-state index >= 15 is 0 Å². The molecule has 1 N–H and O–H groups in total. The van der Waals surface area contributed by atoms with E-state index in [0.717, 1.165) is 49.2 Å². The fourth-order valence-electron chi connectivity index (χ4n) is 3.00. The predicted octanol–water partition coefficient (Wildman–Crippen LogP) is 3.95. The molecule has 0 saturated carbocycles. The minimum Gasteiger partial charge on any atom is -0.444 e. The SMILES string of the molecule is CN=C(NCCc1coc(-c2ccc(F)cc2)n1)N1CCC(C)CC1.I. The smallest absolute Gasteiger partial charge is 0.226 e. The summed E-state index contributed by atoms with van der Waals surface area (Å²) in [4.78, 5) is 11.2. The minimum absolute atomic E-state index is 0. The number of likely N-dealkylation sites (tertiary alicyclic amines) is 1. The van der Waals surface area contributed by atoms with Crippen molar-refractivity contribution in [2.45, 2.75) is 26.2 Å². The van der Waals surface area contributed by atoms with Gasteiger partial charge in [0.05, 0.1) is 5.69 Å². The Hall–Kier alpha value is -1.64. The zero-order valence-electron chi connectivity index (χ0n) is 15.2. The summed E-state index contributed by atoms with van der Waals surface area (Å²) in [5.74, 6) is 2.01. The lowest BCUT2D eigenvalue weighted by Crippen LogP contribution is -2.45. The van der Waals surface area contributed by atoms with Crippen LogP contribution in [0, 0.1) is 11.7 Å². The second-order valence-corrected chi connectivity index (χ2v) is 6.54. The number of aromatic nitrogens is 1. The molecular weight excluding hydrogens is 446 g/mol. The molecule has 0 radical (unpaired) electrons. The second kappa shape index (κ2) is 9.89. The number of guanidine groups is 1. The lowest BCUT2D eigenvalue weighted by atomic mass is 10.00. The van der Waals surface area contributed by atoms with Gasteiger partial charge in [-0.3, -0.25) is 4.99 Å². The number of oxazole rings is 1. The highest BCUT2D eigenvalue weighted by atomic mass is 127. The van der Waals surface area contributed by atoms with Gasteiger partial charge in [-0.05, 0) is 43.0 Å². The molecule has 1 aliphatic heterocycles. The normalized spacial score (nSPS) is 15.7. The number of rotatable bonds is 4. The van der Waals surface area contributed by atoms with E-state index in [1.54, 1.807) is 18.4 Å². The van der Waals surface area contributed by atoms with Gasteiger partial charge in [-0.2, -0.15) is 0 Å². The molecule has 142 valence electrons. The molecule has 1 aromatic carbocycles. The fourth-order valence-corrected chi connectivity index (χ4v) is 3.00. The predicted molar refractivity (Wildman–Crippen MR) is 112 cm³/mol. The molecule has 3 rings (SSSR count). The Morgan fingerprint density at radius 3 is 2.65 bits per heavy atom. The van der Waals surface area contributed by atoms with Crippen LogP contribution in [0.1, 0.15) is 25.5 Å². The van der Waals surface area contributed by atoms with E-state index in [0.29, 0.717) is 5.89 Å². The summed E-state index contributed by atoms with van der Waals surface area (Å²) < 4.78 is 18.5. The third kappa shape index (κ3) is 5.43. The maximum Gasteiger partial charge on any atom is 0.226 e. The van der Waals surface area contributed by atoms with Crippen LogP contribution in [0.3, 0.4) is 0 Å². The molecule has 0 aliphatic carbocycles. The third-order valence-corrected chi connectivity index (χ3v) is 4.60. The van der Waals surface area contributed by atoms with Crippen LogP contribution in [0.2, 0.25) is 0 Å². The van der Waals surface area contributed by atoms with E-state index in [1.807, 2.05) is 7.05 Å². The van der Waals surface area contributed by atoms with E-state index in [1.165, 1.54) is 25.0 Å². The first kappa shape index (κ1) is 20.7. The van der Waals surface area contributed by atoms with Crippen LogP contribution in [-0.2, 0) is 6.42 Å². The summed E-state index contributed by atoms with van der Waals surface area (Å²) >= 11 is 0. The summed E-state index contributed by atoms with van der Waals surface area (Å²) in [6.45, 7) is 5.16. The Morgan fingerprint density at radius 1 is 1.31 bits per heavy atom. The molecule has 1 saturated heterocycles. The summed E-state index contributed by atoms with van der Waals surface area (Å²) in [6.07, 6.45) is 4.83. The van der Waals surface area contributed by atoms with Crippen LogP contribution in [-0.4, -0.2) is 42.5 Å². The quantitative estimate of drug-likeness (QED) is 0.416. The van der Waals surface area contributed by atoms with Gasteiger partial charge >= 0.3 is 0 Å². The van der Waals surface area contributed by atoms with Gasteiger partial charge in [-0.25, -0.2) is 9.37 Å². The average Bonchev–Trinajstić information content (AvgIpc) is 3.09. The molecule has 7 heteroatoms. The van der Waals surface area contributed by atoms with Crippen molar-refractivity contribution in [2.75, 3.05) is 26.7 Å². The van der Waals surface area contributed by atoms with Gasteiger partial charge in [0.1, 0.15) is 12.1 Å². The molecule has 0 atom stereocenters. The van der Waals surface area contributed by atoms with Gasteiger partial charge in [0.2, 0.25) is 5.89 Å². The Morgan fingerprint density at radius 2 is 2.00 bits per heavy atom. The van der Waals surface area contributed by atoms with Crippen molar-refractivity contribution in [3.05, 3.63) is 42.0 Å². The van der Waals surface area contributed by atoms with Crippen molar-refractivity contribution in [1.29, 1.82) is 0 Å². The van der Waals surface area contributed by atoms with E-state index in [9.17, 15) is 4.39 Å². The fraction of sp³-hybridized carbons (Fsp3) is 0.474. The minimum atomic E-state index is -0.266. The average molecular weight is 472 g/mol. The molecule has 1 fully saturated rings. The lowest BCUT2D eigenvalue weighted by molar-refractivity contribution is 0.273. The van der Waals surface area contributed by atoms with E-state index in [-0.39, 0.29) is 29.8 Å². The number of aliphatic imine (C=N–C) groups is 1. The van der Waals surface area contributed by atoms with E-state index in [2.05, 4.69) is 27.1 Å². The zero-order chi connectivity index (χ0) is 17.6. The Labute approximate surface area is 171 Å². The highest BCUT2D eigenvalue weighted by molar-refractivity contribution is 14.0. The van der Waals surface area contributed by atoms with Gasteiger partial charge in [0.15, 0.2) is 5.96 Å². The number of piperidine rings is 1.